The van der Waals surface area contributed by atoms with Crippen molar-refractivity contribution in [3.8, 4) is 0 Å². The lowest BCUT2D eigenvalue weighted by atomic mass is 10.1. The smallest absolute Gasteiger partial charge is 0.246 e. The maximum atomic E-state index is 12.9. The van der Waals surface area contributed by atoms with Gasteiger partial charge in [-0.05, 0) is 56.9 Å². The van der Waals surface area contributed by atoms with Crippen molar-refractivity contribution in [3.63, 3.8) is 0 Å². The van der Waals surface area contributed by atoms with Crippen molar-refractivity contribution in [2.24, 2.45) is 0 Å². The van der Waals surface area contributed by atoms with Crippen molar-refractivity contribution in [2.45, 2.75) is 58.5 Å². The third kappa shape index (κ3) is 4.09. The average Bonchev–Trinajstić information content (AvgIpc) is 2.97. The molecule has 6 heteroatoms. The van der Waals surface area contributed by atoms with E-state index < -0.39 is 16.1 Å². The molecule has 1 fully saturated rings. The van der Waals surface area contributed by atoms with Gasteiger partial charge in [-0.1, -0.05) is 18.9 Å². The van der Waals surface area contributed by atoms with E-state index in [1.165, 1.54) is 4.31 Å². The fourth-order valence-corrected chi connectivity index (χ4v) is 4.80. The Morgan fingerprint density at radius 3 is 2.08 bits per heavy atom. The van der Waals surface area contributed by atoms with Gasteiger partial charge in [0.25, 0.3) is 0 Å². The lowest BCUT2D eigenvalue weighted by Gasteiger charge is -2.33. The molecule has 1 aliphatic carbocycles. The lowest BCUT2D eigenvalue weighted by molar-refractivity contribution is -0.132. The molecule has 0 spiro atoms. The third-order valence-electron chi connectivity index (χ3n) is 4.75. The van der Waals surface area contributed by atoms with Crippen LogP contribution in [-0.2, 0) is 14.8 Å². The van der Waals surface area contributed by atoms with Crippen molar-refractivity contribution in [1.82, 2.24) is 4.90 Å². The van der Waals surface area contributed by atoms with E-state index in [9.17, 15) is 13.2 Å². The van der Waals surface area contributed by atoms with Gasteiger partial charge in [0, 0.05) is 13.1 Å². The van der Waals surface area contributed by atoms with Gasteiger partial charge in [0.05, 0.1) is 11.9 Å². The predicted octanol–water partition coefficient (Wildman–Crippen LogP) is 2.86. The zero-order valence-electron chi connectivity index (χ0n) is 15.2. The highest BCUT2D eigenvalue weighted by atomic mass is 32.2. The number of rotatable bonds is 5. The van der Waals surface area contributed by atoms with Crippen LogP contribution >= 0.6 is 0 Å². The second-order valence-corrected chi connectivity index (χ2v) is 8.83. The van der Waals surface area contributed by atoms with Crippen LogP contribution < -0.4 is 4.31 Å². The zero-order valence-corrected chi connectivity index (χ0v) is 16.1. The molecule has 1 amide bonds. The minimum atomic E-state index is -3.57. The first kappa shape index (κ1) is 18.8. The number of aryl methyl sites for hydroxylation is 2. The molecule has 1 atom stereocenters. The summed E-state index contributed by atoms with van der Waals surface area (Å²) in [7, 11) is -1.78. The molecule has 0 aromatic heterocycles. The molecule has 1 saturated carbocycles. The third-order valence-corrected chi connectivity index (χ3v) is 5.99. The summed E-state index contributed by atoms with van der Waals surface area (Å²) in [4.78, 5) is 14.6. The molecule has 24 heavy (non-hydrogen) atoms. The SMILES string of the molecule is Cc1cc(C)cc(N([C@@H](C)C(=O)N(C)C2CCCC2)S(C)(=O)=O)c1. The number of anilines is 1. The molecule has 5 nitrogen and oxygen atoms in total. The van der Waals surface area contributed by atoms with Gasteiger partial charge in [0.2, 0.25) is 15.9 Å². The van der Waals surface area contributed by atoms with Crippen LogP contribution in [0.15, 0.2) is 18.2 Å². The summed E-state index contributed by atoms with van der Waals surface area (Å²) in [6.07, 6.45) is 5.41. The molecule has 2 rings (SSSR count). The Morgan fingerprint density at radius 2 is 1.62 bits per heavy atom. The minimum absolute atomic E-state index is 0.147. The topological polar surface area (TPSA) is 57.7 Å². The summed E-state index contributed by atoms with van der Waals surface area (Å²) in [5, 5.41) is 0. The molecular weight excluding hydrogens is 324 g/mol. The van der Waals surface area contributed by atoms with Crippen molar-refractivity contribution >= 4 is 21.6 Å². The fourth-order valence-electron chi connectivity index (χ4n) is 3.65. The van der Waals surface area contributed by atoms with Gasteiger partial charge in [0.15, 0.2) is 0 Å². The molecule has 0 N–H and O–H groups in total. The van der Waals surface area contributed by atoms with E-state index in [1.54, 1.807) is 18.9 Å². The molecule has 0 saturated heterocycles. The number of amides is 1. The molecule has 1 aromatic rings. The Labute approximate surface area is 145 Å². The first-order chi connectivity index (χ1) is 11.1. The first-order valence-corrected chi connectivity index (χ1v) is 10.3. The van der Waals surface area contributed by atoms with Crippen molar-refractivity contribution in [2.75, 3.05) is 17.6 Å². The van der Waals surface area contributed by atoms with Crippen LogP contribution in [0.2, 0.25) is 0 Å². The van der Waals surface area contributed by atoms with E-state index in [4.69, 9.17) is 0 Å². The van der Waals surface area contributed by atoms with Crippen LogP contribution in [0, 0.1) is 13.8 Å². The largest absolute Gasteiger partial charge is 0.341 e. The lowest BCUT2D eigenvalue weighted by Crippen LogP contribution is -2.50. The van der Waals surface area contributed by atoms with E-state index in [2.05, 4.69) is 0 Å². The predicted molar refractivity (Wildman–Crippen MR) is 97.7 cm³/mol. The normalized spacial score (nSPS) is 16.9. The van der Waals surface area contributed by atoms with Gasteiger partial charge in [-0.3, -0.25) is 9.10 Å². The molecule has 0 radical (unpaired) electrons. The summed E-state index contributed by atoms with van der Waals surface area (Å²) >= 11 is 0. The number of benzene rings is 1. The molecule has 1 aromatic carbocycles. The first-order valence-electron chi connectivity index (χ1n) is 8.45. The second kappa shape index (κ2) is 7.13. The highest BCUT2D eigenvalue weighted by Gasteiger charge is 2.34. The van der Waals surface area contributed by atoms with Gasteiger partial charge in [-0.25, -0.2) is 8.42 Å². The maximum Gasteiger partial charge on any atom is 0.246 e. The summed E-state index contributed by atoms with van der Waals surface area (Å²) in [5.74, 6) is -0.147. The number of hydrogen-bond acceptors (Lipinski definition) is 3. The van der Waals surface area contributed by atoms with Crippen molar-refractivity contribution in [1.29, 1.82) is 0 Å². The molecule has 0 bridgehead atoms. The van der Waals surface area contributed by atoms with Gasteiger partial charge in [-0.2, -0.15) is 0 Å². The molecule has 0 heterocycles. The molecule has 134 valence electrons. The maximum absolute atomic E-state index is 12.9. The number of carbonyl (C=O) groups excluding carboxylic acids is 1. The van der Waals surface area contributed by atoms with E-state index in [-0.39, 0.29) is 11.9 Å². The van der Waals surface area contributed by atoms with Crippen LogP contribution in [0.4, 0.5) is 5.69 Å². The number of hydrogen-bond donors (Lipinski definition) is 0. The number of likely N-dealkylation sites (N-methyl/N-ethyl adjacent to an activating group) is 1. The zero-order chi connectivity index (χ0) is 18.1. The van der Waals surface area contributed by atoms with Crippen LogP contribution in [-0.4, -0.2) is 44.6 Å². The standard InChI is InChI=1S/C18H28N2O3S/c1-13-10-14(2)12-17(11-13)20(24(5,22)23)15(3)18(21)19(4)16-8-6-7-9-16/h10-12,15-16H,6-9H2,1-5H3/t15-/m0/s1. The summed E-state index contributed by atoms with van der Waals surface area (Å²) in [5.41, 5.74) is 2.50. The van der Waals surface area contributed by atoms with Gasteiger partial charge >= 0.3 is 0 Å². The summed E-state index contributed by atoms with van der Waals surface area (Å²) in [6.45, 7) is 5.52. The highest BCUT2D eigenvalue weighted by molar-refractivity contribution is 7.92. The monoisotopic (exact) mass is 352 g/mol. The van der Waals surface area contributed by atoms with Crippen LogP contribution in [0.1, 0.15) is 43.7 Å². The molecule has 1 aliphatic rings. The van der Waals surface area contributed by atoms with E-state index >= 15 is 0 Å². The van der Waals surface area contributed by atoms with Crippen LogP contribution in [0.5, 0.6) is 0 Å². The Morgan fingerprint density at radius 1 is 1.12 bits per heavy atom. The van der Waals surface area contributed by atoms with E-state index in [0.29, 0.717) is 5.69 Å². The summed E-state index contributed by atoms with van der Waals surface area (Å²) < 4.78 is 26.0. The van der Waals surface area contributed by atoms with Crippen molar-refractivity contribution < 1.29 is 13.2 Å². The van der Waals surface area contributed by atoms with Gasteiger partial charge in [-0.15, -0.1) is 0 Å². The average molecular weight is 353 g/mol. The number of nitrogens with zero attached hydrogens (tertiary/aromatic N) is 2. The Hall–Kier alpha value is -1.56. The van der Waals surface area contributed by atoms with Crippen LogP contribution in [0.3, 0.4) is 0 Å². The minimum Gasteiger partial charge on any atom is -0.341 e. The van der Waals surface area contributed by atoms with E-state index in [0.717, 1.165) is 43.1 Å². The summed E-state index contributed by atoms with van der Waals surface area (Å²) in [6, 6.07) is 5.08. The van der Waals surface area contributed by atoms with Crippen LogP contribution in [0.25, 0.3) is 0 Å². The molecule has 0 unspecified atom stereocenters. The second-order valence-electron chi connectivity index (χ2n) is 6.97. The molecule has 0 aliphatic heterocycles. The Bertz CT molecular complexity index is 689. The highest BCUT2D eigenvalue weighted by Crippen LogP contribution is 2.27. The van der Waals surface area contributed by atoms with E-state index in [1.807, 2.05) is 32.0 Å². The fraction of sp³-hybridized carbons (Fsp3) is 0.611. The molecular formula is C18H28N2O3S. The van der Waals surface area contributed by atoms with Crippen molar-refractivity contribution in [3.05, 3.63) is 29.3 Å². The number of carbonyl (C=O) groups is 1. The van der Waals surface area contributed by atoms with Gasteiger partial charge in [0.1, 0.15) is 6.04 Å². The Kier molecular flexibility index (Phi) is 5.58. The number of sulfonamides is 1. The quantitative estimate of drug-likeness (QED) is 0.819. The Balaban J connectivity index is 2.35. The van der Waals surface area contributed by atoms with Gasteiger partial charge < -0.3 is 4.90 Å².